The van der Waals surface area contributed by atoms with E-state index in [0.717, 1.165) is 0 Å². The summed E-state index contributed by atoms with van der Waals surface area (Å²) >= 11 is 0. The van der Waals surface area contributed by atoms with Gasteiger partial charge in [-0.1, -0.05) is 0 Å². The van der Waals surface area contributed by atoms with Crippen LogP contribution in [0.2, 0.25) is 0 Å². The molecule has 0 aromatic carbocycles. The van der Waals surface area contributed by atoms with Gasteiger partial charge in [0.1, 0.15) is 6.26 Å². The van der Waals surface area contributed by atoms with Crippen molar-refractivity contribution < 1.29 is 4.74 Å². The molecule has 1 radical (unpaired) electrons. The fourth-order valence-corrected chi connectivity index (χ4v) is 0.131. The van der Waals surface area contributed by atoms with E-state index in [1.807, 2.05) is 6.92 Å². The Hall–Kier alpha value is -0.660. The summed E-state index contributed by atoms with van der Waals surface area (Å²) in [5.41, 5.74) is 4.78. The van der Waals surface area contributed by atoms with E-state index in [4.69, 9.17) is 5.73 Å². The lowest BCUT2D eigenvalue weighted by Gasteiger charge is -1.85. The van der Waals surface area contributed by atoms with Crippen LogP contribution in [0.1, 0.15) is 6.92 Å². The molecule has 0 aliphatic rings. The summed E-state index contributed by atoms with van der Waals surface area (Å²) in [6, 6.07) is 0. The van der Waals surface area contributed by atoms with Crippen LogP contribution in [0.15, 0.2) is 6.26 Å². The van der Waals surface area contributed by atoms with Crippen LogP contribution >= 0.6 is 0 Å². The highest BCUT2D eigenvalue weighted by atomic mass is 16.5. The van der Waals surface area contributed by atoms with Gasteiger partial charge in [-0.3, -0.25) is 0 Å². The van der Waals surface area contributed by atoms with Crippen LogP contribution in [0.3, 0.4) is 0 Å². The van der Waals surface area contributed by atoms with E-state index in [0.29, 0.717) is 6.61 Å². The molecule has 0 amide bonds. The first-order valence-electron chi connectivity index (χ1n) is 1.81. The second-order valence-corrected chi connectivity index (χ2v) is 0.740. The van der Waals surface area contributed by atoms with Gasteiger partial charge in [-0.05, 0) is 6.92 Å². The largest absolute Gasteiger partial charge is 0.499 e. The quantitative estimate of drug-likeness (QED) is 0.386. The normalized spacial score (nSPS) is 9.50. The zero-order chi connectivity index (χ0) is 4.83. The Morgan fingerprint density at radius 2 is 2.67 bits per heavy atom. The van der Waals surface area contributed by atoms with Crippen molar-refractivity contribution in [2.45, 2.75) is 6.92 Å². The Bertz CT molecular complexity index is 42.8. The Labute approximate surface area is 37.6 Å². The van der Waals surface area contributed by atoms with Crippen molar-refractivity contribution in [2.24, 2.45) is 5.73 Å². The summed E-state index contributed by atoms with van der Waals surface area (Å²) in [5.74, 6) is 0. The molecule has 0 aromatic heterocycles. The highest BCUT2D eigenvalue weighted by molar-refractivity contribution is 4.51. The Morgan fingerprint density at radius 1 is 2.00 bits per heavy atom. The molecule has 0 spiro atoms. The number of ether oxygens (including phenoxy) is 1. The maximum absolute atomic E-state index is 4.78. The van der Waals surface area contributed by atoms with Crippen LogP contribution in [0.5, 0.6) is 0 Å². The van der Waals surface area contributed by atoms with Gasteiger partial charge in [0.2, 0.25) is 0 Å². The summed E-state index contributed by atoms with van der Waals surface area (Å²) in [6.45, 7) is 2.54. The summed E-state index contributed by atoms with van der Waals surface area (Å²) < 4.78 is 4.62. The molecule has 0 aromatic rings. The Morgan fingerprint density at radius 3 is 2.83 bits per heavy atom. The molecule has 0 aliphatic heterocycles. The van der Waals surface area contributed by atoms with E-state index < -0.39 is 0 Å². The topological polar surface area (TPSA) is 35.2 Å². The first-order chi connectivity index (χ1) is 2.91. The van der Waals surface area contributed by atoms with E-state index in [9.17, 15) is 0 Å². The van der Waals surface area contributed by atoms with Crippen LogP contribution in [-0.4, -0.2) is 6.61 Å². The number of hydrogen-bond donors (Lipinski definition) is 1. The molecule has 2 nitrogen and oxygen atoms in total. The third-order valence-electron chi connectivity index (χ3n) is 0.318. The summed E-state index contributed by atoms with van der Waals surface area (Å²) in [7, 11) is 0. The lowest BCUT2D eigenvalue weighted by atomic mass is 10.9. The smallest absolute Gasteiger partial charge is 0.108 e. The zero-order valence-corrected chi connectivity index (χ0v) is 3.77. The van der Waals surface area contributed by atoms with Crippen molar-refractivity contribution in [1.82, 2.24) is 0 Å². The van der Waals surface area contributed by atoms with Crippen LogP contribution in [0.25, 0.3) is 0 Å². The number of hydrogen-bond acceptors (Lipinski definition) is 2. The van der Waals surface area contributed by atoms with E-state index in [1.165, 1.54) is 6.26 Å². The molecule has 0 rings (SSSR count). The standard InChI is InChI=1S/C4H8NO/c1-2-6-4-3-5/h4H,2,5H2,1H3. The van der Waals surface area contributed by atoms with Crippen LogP contribution in [0.4, 0.5) is 0 Å². The van der Waals surface area contributed by atoms with Gasteiger partial charge < -0.3 is 10.5 Å². The Balaban J connectivity index is 2.66. The second-order valence-electron chi connectivity index (χ2n) is 0.740. The number of nitrogens with two attached hydrogens (primary N) is 1. The van der Waals surface area contributed by atoms with Crippen LogP contribution in [-0.2, 0) is 4.74 Å². The van der Waals surface area contributed by atoms with Gasteiger partial charge in [0.25, 0.3) is 0 Å². The van der Waals surface area contributed by atoms with Gasteiger partial charge in [0.15, 0.2) is 0 Å². The molecule has 0 saturated heterocycles. The molecule has 0 atom stereocenters. The average molecular weight is 86.1 g/mol. The molecule has 0 saturated carbocycles. The predicted octanol–water partition coefficient (Wildman–Crippen LogP) is 0.256. The van der Waals surface area contributed by atoms with E-state index in [-0.39, 0.29) is 0 Å². The molecule has 0 fully saturated rings. The summed E-state index contributed by atoms with van der Waals surface area (Å²) in [4.78, 5) is 0. The minimum atomic E-state index is 0.657. The first-order valence-corrected chi connectivity index (χ1v) is 1.81. The van der Waals surface area contributed by atoms with Gasteiger partial charge in [-0.2, -0.15) is 0 Å². The molecule has 2 heteroatoms. The molecule has 6 heavy (non-hydrogen) atoms. The Kier molecular flexibility index (Phi) is 3.86. The maximum Gasteiger partial charge on any atom is 0.108 e. The number of rotatable bonds is 2. The first kappa shape index (κ1) is 5.34. The van der Waals surface area contributed by atoms with Gasteiger partial charge >= 0.3 is 0 Å². The van der Waals surface area contributed by atoms with E-state index in [1.54, 1.807) is 0 Å². The second kappa shape index (κ2) is 4.34. The summed E-state index contributed by atoms with van der Waals surface area (Å²) in [5, 5.41) is 0. The molecule has 0 aliphatic carbocycles. The molecule has 2 N–H and O–H groups in total. The minimum Gasteiger partial charge on any atom is -0.499 e. The van der Waals surface area contributed by atoms with Crippen LogP contribution < -0.4 is 5.73 Å². The molecular weight excluding hydrogens is 78.0 g/mol. The van der Waals surface area contributed by atoms with E-state index in [2.05, 4.69) is 10.9 Å². The van der Waals surface area contributed by atoms with Gasteiger partial charge in [0, 0.05) is 0 Å². The average Bonchev–Trinajstić information content (AvgIpc) is 1.61. The fraction of sp³-hybridized carbons (Fsp3) is 0.500. The third kappa shape index (κ3) is 3.34. The van der Waals surface area contributed by atoms with Crippen molar-refractivity contribution in [3.05, 3.63) is 12.5 Å². The minimum absolute atomic E-state index is 0.657. The van der Waals surface area contributed by atoms with Crippen molar-refractivity contribution in [3.8, 4) is 0 Å². The predicted molar refractivity (Wildman–Crippen MR) is 23.6 cm³/mol. The lowest BCUT2D eigenvalue weighted by molar-refractivity contribution is 0.267. The fourth-order valence-electron chi connectivity index (χ4n) is 0.131. The SMILES string of the molecule is CCO/C=[C]\N. The molecule has 0 heterocycles. The summed E-state index contributed by atoms with van der Waals surface area (Å²) in [6.07, 6.45) is 3.55. The monoisotopic (exact) mass is 86.1 g/mol. The van der Waals surface area contributed by atoms with Gasteiger partial charge in [-0.25, -0.2) is 0 Å². The molecular formula is C4H8NO. The highest BCUT2D eigenvalue weighted by Gasteiger charge is 1.61. The van der Waals surface area contributed by atoms with Crippen molar-refractivity contribution in [3.63, 3.8) is 0 Å². The van der Waals surface area contributed by atoms with Crippen LogP contribution in [0, 0.1) is 6.20 Å². The zero-order valence-electron chi connectivity index (χ0n) is 3.77. The van der Waals surface area contributed by atoms with E-state index >= 15 is 0 Å². The van der Waals surface area contributed by atoms with Crippen molar-refractivity contribution in [2.75, 3.05) is 6.61 Å². The molecule has 0 unspecified atom stereocenters. The van der Waals surface area contributed by atoms with Crippen molar-refractivity contribution in [1.29, 1.82) is 0 Å². The van der Waals surface area contributed by atoms with Gasteiger partial charge in [0.05, 0.1) is 12.8 Å². The molecule has 0 bridgehead atoms. The third-order valence-corrected chi connectivity index (χ3v) is 0.318. The highest BCUT2D eigenvalue weighted by Crippen LogP contribution is 1.67. The maximum atomic E-state index is 4.78. The van der Waals surface area contributed by atoms with Gasteiger partial charge in [-0.15, -0.1) is 0 Å². The molecule has 35 valence electrons. The van der Waals surface area contributed by atoms with Crippen molar-refractivity contribution >= 4 is 0 Å². The lowest BCUT2D eigenvalue weighted by Crippen LogP contribution is -1.81.